The molecular weight excluding hydrogens is 186 g/mol. The maximum absolute atomic E-state index is 4.21. The van der Waals surface area contributed by atoms with Crippen LogP contribution in [0.25, 0.3) is 0 Å². The van der Waals surface area contributed by atoms with Crippen LogP contribution in [-0.4, -0.2) is 34.1 Å². The minimum absolute atomic E-state index is 1.08. The Kier molecular flexibility index (Phi) is 5.40. The van der Waals surface area contributed by atoms with Crippen molar-refractivity contribution < 1.29 is 0 Å². The maximum atomic E-state index is 4.21. The molecule has 86 valence electrons. The maximum Gasteiger partial charge on any atom is 0.0949 e. The van der Waals surface area contributed by atoms with Crippen LogP contribution in [-0.2, 0) is 6.54 Å². The normalized spacial score (nSPS) is 16.2. The summed E-state index contributed by atoms with van der Waals surface area (Å²) in [4.78, 5) is 6.73. The fourth-order valence-corrected chi connectivity index (χ4v) is 1.86. The van der Waals surface area contributed by atoms with E-state index in [4.69, 9.17) is 0 Å². The predicted octanol–water partition coefficient (Wildman–Crippen LogP) is 2.31. The Morgan fingerprint density at radius 1 is 1.20 bits per heavy atom. The fraction of sp³-hybridized carbons (Fsp3) is 0.750. The topological polar surface area (TPSA) is 21.1 Å². The number of likely N-dealkylation sites (tertiary alicyclic amines) is 1. The highest BCUT2D eigenvalue weighted by atomic mass is 15.2. The summed E-state index contributed by atoms with van der Waals surface area (Å²) >= 11 is 0. The van der Waals surface area contributed by atoms with Crippen molar-refractivity contribution in [2.75, 3.05) is 19.6 Å². The van der Waals surface area contributed by atoms with Crippen molar-refractivity contribution >= 4 is 0 Å². The van der Waals surface area contributed by atoms with Crippen LogP contribution >= 0.6 is 0 Å². The molecule has 1 aliphatic rings. The minimum atomic E-state index is 1.08. The van der Waals surface area contributed by atoms with Crippen molar-refractivity contribution in [3.05, 3.63) is 18.2 Å². The van der Waals surface area contributed by atoms with Gasteiger partial charge in [0.05, 0.1) is 12.0 Å². The lowest BCUT2D eigenvalue weighted by molar-refractivity contribution is 0.322. The van der Waals surface area contributed by atoms with E-state index >= 15 is 0 Å². The van der Waals surface area contributed by atoms with Gasteiger partial charge in [0, 0.05) is 19.3 Å². The predicted molar refractivity (Wildman–Crippen MR) is 64.0 cm³/mol. The van der Waals surface area contributed by atoms with Gasteiger partial charge in [-0.2, -0.15) is 0 Å². The van der Waals surface area contributed by atoms with Crippen molar-refractivity contribution in [1.82, 2.24) is 14.5 Å². The van der Waals surface area contributed by atoms with Gasteiger partial charge in [-0.15, -0.1) is 0 Å². The Labute approximate surface area is 93.1 Å². The van der Waals surface area contributed by atoms with Gasteiger partial charge in [-0.05, 0) is 32.9 Å². The Hall–Kier alpha value is -0.830. The largest absolute Gasteiger partial charge is 0.336 e. The molecule has 1 fully saturated rings. The molecule has 3 nitrogen and oxygen atoms in total. The molecule has 2 rings (SSSR count). The molecule has 2 heterocycles. The molecule has 0 spiro atoms. The molecule has 0 aliphatic carbocycles. The first-order valence-electron chi connectivity index (χ1n) is 6.05. The second-order valence-corrected chi connectivity index (χ2v) is 3.80. The second kappa shape index (κ2) is 6.62. The third-order valence-electron chi connectivity index (χ3n) is 2.64. The zero-order valence-corrected chi connectivity index (χ0v) is 10.2. The van der Waals surface area contributed by atoms with Crippen LogP contribution in [0.3, 0.4) is 0 Å². The summed E-state index contributed by atoms with van der Waals surface area (Å²) in [6, 6.07) is 0. The van der Waals surface area contributed by atoms with Crippen LogP contribution < -0.4 is 0 Å². The zero-order chi connectivity index (χ0) is 11.1. The molecule has 1 aromatic heterocycles. The number of aromatic nitrogens is 2. The van der Waals surface area contributed by atoms with Gasteiger partial charge in [-0.1, -0.05) is 13.8 Å². The summed E-state index contributed by atoms with van der Waals surface area (Å²) < 4.78 is 2.17. The zero-order valence-electron chi connectivity index (χ0n) is 10.2. The van der Waals surface area contributed by atoms with Crippen LogP contribution in [0.5, 0.6) is 0 Å². The van der Waals surface area contributed by atoms with Crippen LogP contribution in [0, 0.1) is 6.92 Å². The van der Waals surface area contributed by atoms with Gasteiger partial charge in [0.1, 0.15) is 0 Å². The van der Waals surface area contributed by atoms with E-state index in [0.29, 0.717) is 0 Å². The van der Waals surface area contributed by atoms with Gasteiger partial charge in [0.15, 0.2) is 0 Å². The number of aryl methyl sites for hydroxylation is 1. The van der Waals surface area contributed by atoms with Crippen molar-refractivity contribution in [2.45, 2.75) is 40.2 Å². The first-order chi connectivity index (χ1) is 7.34. The molecule has 0 saturated carbocycles. The monoisotopic (exact) mass is 209 g/mol. The molecule has 0 N–H and O–H groups in total. The molecule has 0 atom stereocenters. The summed E-state index contributed by atoms with van der Waals surface area (Å²) in [5.74, 6) is 0. The number of hydrogen-bond acceptors (Lipinski definition) is 2. The van der Waals surface area contributed by atoms with Crippen LogP contribution in [0.1, 0.15) is 32.4 Å². The van der Waals surface area contributed by atoms with Crippen LogP contribution in [0.2, 0.25) is 0 Å². The van der Waals surface area contributed by atoms with Gasteiger partial charge >= 0.3 is 0 Å². The first-order valence-corrected chi connectivity index (χ1v) is 6.05. The third-order valence-corrected chi connectivity index (χ3v) is 2.64. The quantitative estimate of drug-likeness (QED) is 0.761. The summed E-state index contributed by atoms with van der Waals surface area (Å²) in [7, 11) is 0. The van der Waals surface area contributed by atoms with E-state index in [-0.39, 0.29) is 0 Å². The van der Waals surface area contributed by atoms with E-state index in [9.17, 15) is 0 Å². The highest BCUT2D eigenvalue weighted by Crippen LogP contribution is 2.06. The van der Waals surface area contributed by atoms with Crippen molar-refractivity contribution in [2.24, 2.45) is 0 Å². The van der Waals surface area contributed by atoms with Gasteiger partial charge in [-0.25, -0.2) is 4.98 Å². The fourth-order valence-electron chi connectivity index (χ4n) is 1.86. The molecule has 0 bridgehead atoms. The second-order valence-electron chi connectivity index (χ2n) is 3.80. The van der Waals surface area contributed by atoms with Crippen LogP contribution in [0.4, 0.5) is 0 Å². The Morgan fingerprint density at radius 3 is 2.40 bits per heavy atom. The molecule has 15 heavy (non-hydrogen) atoms. The molecule has 1 aliphatic heterocycles. The average molecular weight is 209 g/mol. The molecule has 0 amide bonds. The molecule has 0 radical (unpaired) electrons. The minimum Gasteiger partial charge on any atom is -0.336 e. The molecule has 0 unspecified atom stereocenters. The summed E-state index contributed by atoms with van der Waals surface area (Å²) in [6.45, 7) is 10.9. The highest BCUT2D eigenvalue weighted by molar-refractivity contribution is 4.92. The van der Waals surface area contributed by atoms with E-state index in [1.165, 1.54) is 32.5 Å². The number of rotatable bonds is 3. The van der Waals surface area contributed by atoms with E-state index in [2.05, 4.69) is 20.6 Å². The summed E-state index contributed by atoms with van der Waals surface area (Å²) in [5.41, 5.74) is 1.11. The highest BCUT2D eigenvalue weighted by Gasteiger charge is 2.10. The van der Waals surface area contributed by atoms with Gasteiger partial charge in [-0.3, -0.25) is 0 Å². The third kappa shape index (κ3) is 4.04. The van der Waals surface area contributed by atoms with E-state index in [1.54, 1.807) is 0 Å². The number of imidazole rings is 1. The van der Waals surface area contributed by atoms with Gasteiger partial charge in [0.2, 0.25) is 0 Å². The molecular formula is C12H23N3. The molecule has 1 saturated heterocycles. The number of nitrogens with zero attached hydrogens (tertiary/aromatic N) is 3. The summed E-state index contributed by atoms with van der Waals surface area (Å²) in [5, 5.41) is 0. The SMILES string of the molecule is CC.Cc1cn(CCN2CCCC2)cn1. The lowest BCUT2D eigenvalue weighted by atomic mass is 10.4. The first kappa shape index (κ1) is 12.2. The molecule has 3 heteroatoms. The molecule has 1 aromatic rings. The van der Waals surface area contributed by atoms with E-state index in [1.807, 2.05) is 27.1 Å². The van der Waals surface area contributed by atoms with Crippen LogP contribution in [0.15, 0.2) is 12.5 Å². The smallest absolute Gasteiger partial charge is 0.0949 e. The summed E-state index contributed by atoms with van der Waals surface area (Å²) in [6.07, 6.45) is 6.79. The average Bonchev–Trinajstić information content (AvgIpc) is 2.89. The lowest BCUT2D eigenvalue weighted by Crippen LogP contribution is -2.23. The number of hydrogen-bond donors (Lipinski definition) is 0. The Balaban J connectivity index is 0.000000531. The Morgan fingerprint density at radius 2 is 1.87 bits per heavy atom. The van der Waals surface area contributed by atoms with Crippen molar-refractivity contribution in [3.63, 3.8) is 0 Å². The standard InChI is InChI=1S/C10H17N3.C2H6/c1-10-8-13(9-11-10)7-6-12-4-2-3-5-12;1-2/h8-9H,2-7H2,1H3;1-2H3. The lowest BCUT2D eigenvalue weighted by Gasteiger charge is -2.14. The van der Waals surface area contributed by atoms with Crippen molar-refractivity contribution in [3.8, 4) is 0 Å². The Bertz CT molecular complexity index is 262. The van der Waals surface area contributed by atoms with Gasteiger partial charge < -0.3 is 9.47 Å². The molecule has 0 aromatic carbocycles. The van der Waals surface area contributed by atoms with Crippen molar-refractivity contribution in [1.29, 1.82) is 0 Å². The van der Waals surface area contributed by atoms with Gasteiger partial charge in [0.25, 0.3) is 0 Å². The van der Waals surface area contributed by atoms with E-state index in [0.717, 1.165) is 12.2 Å². The van der Waals surface area contributed by atoms with E-state index < -0.39 is 0 Å².